The van der Waals surface area contributed by atoms with Crippen molar-refractivity contribution in [1.82, 2.24) is 4.90 Å². The molecule has 0 bridgehead atoms. The summed E-state index contributed by atoms with van der Waals surface area (Å²) in [6.07, 6.45) is 12.9. The van der Waals surface area contributed by atoms with Crippen molar-refractivity contribution >= 4 is 0 Å². The fourth-order valence-corrected chi connectivity index (χ4v) is 3.17. The summed E-state index contributed by atoms with van der Waals surface area (Å²) < 4.78 is 0. The summed E-state index contributed by atoms with van der Waals surface area (Å²) in [5, 5.41) is 0. The number of rotatable bonds is 6. The van der Waals surface area contributed by atoms with Gasteiger partial charge in [-0.2, -0.15) is 0 Å². The lowest BCUT2D eigenvalue weighted by Gasteiger charge is -2.40. The highest BCUT2D eigenvalue weighted by atomic mass is 15.2. The van der Waals surface area contributed by atoms with E-state index in [-0.39, 0.29) is 0 Å². The minimum atomic E-state index is 0.855. The molecule has 0 aromatic heterocycles. The molecule has 0 aliphatic heterocycles. The van der Waals surface area contributed by atoms with Crippen LogP contribution in [0.2, 0.25) is 0 Å². The van der Waals surface area contributed by atoms with Crippen LogP contribution < -0.4 is 5.73 Å². The Kier molecular flexibility index (Phi) is 5.11. The predicted molar refractivity (Wildman–Crippen MR) is 69.5 cm³/mol. The summed E-state index contributed by atoms with van der Waals surface area (Å²) in [5.74, 6) is 0.993. The minimum Gasteiger partial charge on any atom is -0.330 e. The number of hydrogen-bond acceptors (Lipinski definition) is 2. The van der Waals surface area contributed by atoms with Crippen molar-refractivity contribution in [1.29, 1.82) is 0 Å². The van der Waals surface area contributed by atoms with E-state index in [1.165, 1.54) is 70.9 Å². The fourth-order valence-electron chi connectivity index (χ4n) is 3.17. The van der Waals surface area contributed by atoms with E-state index in [4.69, 9.17) is 5.73 Å². The lowest BCUT2D eigenvalue weighted by Crippen LogP contribution is -2.44. The van der Waals surface area contributed by atoms with Crippen LogP contribution in [-0.4, -0.2) is 30.6 Å². The second kappa shape index (κ2) is 6.61. The van der Waals surface area contributed by atoms with Crippen molar-refractivity contribution in [2.24, 2.45) is 11.7 Å². The van der Waals surface area contributed by atoms with Crippen LogP contribution in [0.3, 0.4) is 0 Å². The molecule has 16 heavy (non-hydrogen) atoms. The van der Waals surface area contributed by atoms with Crippen molar-refractivity contribution in [2.75, 3.05) is 19.6 Å². The van der Waals surface area contributed by atoms with Gasteiger partial charge >= 0.3 is 0 Å². The third-order valence-corrected chi connectivity index (χ3v) is 4.46. The van der Waals surface area contributed by atoms with Gasteiger partial charge in [0.05, 0.1) is 0 Å². The smallest absolute Gasteiger partial charge is 0.00954 e. The summed E-state index contributed by atoms with van der Waals surface area (Å²) in [5.41, 5.74) is 5.64. The first-order valence-electron chi connectivity index (χ1n) is 7.34. The van der Waals surface area contributed by atoms with Gasteiger partial charge in [0.2, 0.25) is 0 Å². The molecule has 0 heterocycles. The maximum absolute atomic E-state index is 5.64. The standard InChI is InChI=1S/C14H28N2/c15-10-5-11-16(14-8-4-9-14)12-13-6-2-1-3-7-13/h13-14H,1-12,15H2. The van der Waals surface area contributed by atoms with Gasteiger partial charge in [0, 0.05) is 12.6 Å². The molecule has 0 spiro atoms. The fraction of sp³-hybridized carbons (Fsp3) is 1.00. The van der Waals surface area contributed by atoms with Gasteiger partial charge in [-0.15, -0.1) is 0 Å². The van der Waals surface area contributed by atoms with Crippen molar-refractivity contribution in [3.63, 3.8) is 0 Å². The molecule has 2 rings (SSSR count). The number of nitrogens with zero attached hydrogens (tertiary/aromatic N) is 1. The Bertz CT molecular complexity index is 183. The first-order valence-corrected chi connectivity index (χ1v) is 7.34. The van der Waals surface area contributed by atoms with Gasteiger partial charge in [0.25, 0.3) is 0 Å². The van der Waals surface area contributed by atoms with Crippen molar-refractivity contribution in [3.8, 4) is 0 Å². The Balaban J connectivity index is 1.75. The summed E-state index contributed by atoms with van der Waals surface area (Å²) in [7, 11) is 0. The van der Waals surface area contributed by atoms with Crippen LogP contribution in [0.15, 0.2) is 0 Å². The molecule has 0 amide bonds. The zero-order chi connectivity index (χ0) is 11.2. The molecule has 0 aromatic rings. The van der Waals surface area contributed by atoms with Crippen LogP contribution >= 0.6 is 0 Å². The first-order chi connectivity index (χ1) is 7.90. The van der Waals surface area contributed by atoms with E-state index < -0.39 is 0 Å². The topological polar surface area (TPSA) is 29.3 Å². The van der Waals surface area contributed by atoms with Crippen LogP contribution in [0, 0.1) is 5.92 Å². The molecule has 2 fully saturated rings. The highest BCUT2D eigenvalue weighted by Gasteiger charge is 2.26. The van der Waals surface area contributed by atoms with Crippen molar-refractivity contribution < 1.29 is 0 Å². The third kappa shape index (κ3) is 3.46. The van der Waals surface area contributed by atoms with Crippen molar-refractivity contribution in [3.05, 3.63) is 0 Å². The number of nitrogens with two attached hydrogens (primary N) is 1. The molecule has 2 aliphatic rings. The summed E-state index contributed by atoms with van der Waals surface area (Å²) in [4.78, 5) is 2.76. The van der Waals surface area contributed by atoms with E-state index in [9.17, 15) is 0 Å². The van der Waals surface area contributed by atoms with E-state index in [0.29, 0.717) is 0 Å². The molecular weight excluding hydrogens is 196 g/mol. The number of hydrogen-bond donors (Lipinski definition) is 1. The van der Waals surface area contributed by atoms with Gasteiger partial charge < -0.3 is 10.6 Å². The van der Waals surface area contributed by atoms with Gasteiger partial charge in [-0.1, -0.05) is 25.7 Å². The molecule has 0 aromatic carbocycles. The van der Waals surface area contributed by atoms with Crippen LogP contribution in [0.1, 0.15) is 57.8 Å². The third-order valence-electron chi connectivity index (χ3n) is 4.46. The molecule has 0 atom stereocenters. The average Bonchev–Trinajstić information content (AvgIpc) is 2.25. The second-order valence-electron chi connectivity index (χ2n) is 5.73. The van der Waals surface area contributed by atoms with Crippen molar-refractivity contribution in [2.45, 2.75) is 63.8 Å². The van der Waals surface area contributed by atoms with E-state index in [1.54, 1.807) is 0 Å². The van der Waals surface area contributed by atoms with Gasteiger partial charge in [-0.25, -0.2) is 0 Å². The molecule has 2 saturated carbocycles. The zero-order valence-electron chi connectivity index (χ0n) is 10.7. The largest absolute Gasteiger partial charge is 0.330 e. The maximum atomic E-state index is 5.64. The van der Waals surface area contributed by atoms with E-state index >= 15 is 0 Å². The summed E-state index contributed by atoms with van der Waals surface area (Å²) >= 11 is 0. The normalized spacial score (nSPS) is 23.6. The van der Waals surface area contributed by atoms with Gasteiger partial charge in [0.15, 0.2) is 0 Å². The monoisotopic (exact) mass is 224 g/mol. The van der Waals surface area contributed by atoms with E-state index in [2.05, 4.69) is 4.90 Å². The molecule has 0 unspecified atom stereocenters. The zero-order valence-corrected chi connectivity index (χ0v) is 10.7. The SMILES string of the molecule is NCCCN(CC1CCCCC1)C1CCC1. The molecule has 94 valence electrons. The van der Waals surface area contributed by atoms with E-state index in [0.717, 1.165) is 18.5 Å². The minimum absolute atomic E-state index is 0.855. The van der Waals surface area contributed by atoms with Crippen LogP contribution in [0.4, 0.5) is 0 Å². The molecule has 2 heteroatoms. The molecular formula is C14H28N2. The van der Waals surface area contributed by atoms with Crippen LogP contribution in [-0.2, 0) is 0 Å². The molecule has 2 aliphatic carbocycles. The summed E-state index contributed by atoms with van der Waals surface area (Å²) in [6, 6.07) is 0.911. The first kappa shape index (κ1) is 12.4. The Hall–Kier alpha value is -0.0800. The lowest BCUT2D eigenvalue weighted by molar-refractivity contribution is 0.0967. The van der Waals surface area contributed by atoms with Crippen LogP contribution in [0.25, 0.3) is 0 Å². The lowest BCUT2D eigenvalue weighted by atomic mass is 9.86. The second-order valence-corrected chi connectivity index (χ2v) is 5.73. The van der Waals surface area contributed by atoms with Gasteiger partial charge in [-0.3, -0.25) is 0 Å². The van der Waals surface area contributed by atoms with E-state index in [1.807, 2.05) is 0 Å². The van der Waals surface area contributed by atoms with Crippen LogP contribution in [0.5, 0.6) is 0 Å². The molecule has 0 saturated heterocycles. The quantitative estimate of drug-likeness (QED) is 0.751. The molecule has 0 radical (unpaired) electrons. The highest BCUT2D eigenvalue weighted by Crippen LogP contribution is 2.29. The maximum Gasteiger partial charge on any atom is 0.00954 e. The Morgan fingerprint density at radius 3 is 2.25 bits per heavy atom. The molecule has 2 N–H and O–H groups in total. The highest BCUT2D eigenvalue weighted by molar-refractivity contribution is 4.82. The van der Waals surface area contributed by atoms with Gasteiger partial charge in [0.1, 0.15) is 0 Å². The Morgan fingerprint density at radius 1 is 0.938 bits per heavy atom. The predicted octanol–water partition coefficient (Wildman–Crippen LogP) is 2.77. The average molecular weight is 224 g/mol. The Labute approximate surface area is 101 Å². The Morgan fingerprint density at radius 2 is 1.69 bits per heavy atom. The molecule has 2 nitrogen and oxygen atoms in total. The summed E-state index contributed by atoms with van der Waals surface area (Å²) in [6.45, 7) is 3.47. The van der Waals surface area contributed by atoms with Gasteiger partial charge in [-0.05, 0) is 51.1 Å².